The zero-order chi connectivity index (χ0) is 32.1. The fourth-order valence-electron chi connectivity index (χ4n) is 7.09. The molecule has 3 saturated heterocycles. The minimum absolute atomic E-state index is 0.0733. The predicted molar refractivity (Wildman–Crippen MR) is 149 cm³/mol. The molecule has 0 bridgehead atoms. The van der Waals surface area contributed by atoms with Gasteiger partial charge >= 0.3 is 12.4 Å². The van der Waals surface area contributed by atoms with Crippen LogP contribution < -0.4 is 0 Å². The molecule has 0 spiro atoms. The van der Waals surface area contributed by atoms with Crippen molar-refractivity contribution in [1.29, 1.82) is 0 Å². The molecule has 3 aliphatic heterocycles. The van der Waals surface area contributed by atoms with Crippen molar-refractivity contribution in [1.82, 2.24) is 14.7 Å². The highest BCUT2D eigenvalue weighted by Gasteiger charge is 2.54. The van der Waals surface area contributed by atoms with E-state index >= 15 is 0 Å². The molecule has 0 radical (unpaired) electrons. The third-order valence-electron chi connectivity index (χ3n) is 9.29. The number of piperidine rings is 2. The molecule has 0 N–H and O–H groups in total. The lowest BCUT2D eigenvalue weighted by atomic mass is 9.66. The lowest BCUT2D eigenvalue weighted by Crippen LogP contribution is -2.65. The molecule has 0 saturated carbocycles. The van der Waals surface area contributed by atoms with E-state index in [1.165, 1.54) is 11.8 Å². The summed E-state index contributed by atoms with van der Waals surface area (Å²) < 4.78 is 81.7. The van der Waals surface area contributed by atoms with Crippen molar-refractivity contribution in [2.75, 3.05) is 33.2 Å². The molecule has 6 nitrogen and oxygen atoms in total. The SMILES string of the molecule is CC(=O)c1ccc(C2C3CCN(C)CC3C(=O)N3CC[C@@H](C)CN(Cc4cc(C(F)(F)F)cc(C(F)(F)F)c4)C(=O)C23)cc1. The van der Waals surface area contributed by atoms with Crippen LogP contribution in [0.25, 0.3) is 0 Å². The zero-order valence-corrected chi connectivity index (χ0v) is 24.7. The monoisotopic (exact) mass is 623 g/mol. The van der Waals surface area contributed by atoms with E-state index in [0.29, 0.717) is 50.2 Å². The summed E-state index contributed by atoms with van der Waals surface area (Å²) in [4.78, 5) is 45.4. The van der Waals surface area contributed by atoms with Gasteiger partial charge in [0.25, 0.3) is 0 Å². The molecule has 3 heterocycles. The number of carbonyl (C=O) groups is 3. The van der Waals surface area contributed by atoms with Crippen molar-refractivity contribution >= 4 is 17.6 Å². The van der Waals surface area contributed by atoms with Gasteiger partial charge in [0.1, 0.15) is 6.04 Å². The van der Waals surface area contributed by atoms with Gasteiger partial charge in [0.2, 0.25) is 11.8 Å². The summed E-state index contributed by atoms with van der Waals surface area (Å²) in [6, 6.07) is 7.31. The molecule has 44 heavy (non-hydrogen) atoms. The largest absolute Gasteiger partial charge is 0.416 e. The Hall–Kier alpha value is -3.41. The molecule has 3 aliphatic rings. The van der Waals surface area contributed by atoms with Crippen LogP contribution in [0.5, 0.6) is 0 Å². The van der Waals surface area contributed by atoms with Crippen LogP contribution in [0.15, 0.2) is 42.5 Å². The van der Waals surface area contributed by atoms with Gasteiger partial charge in [-0.2, -0.15) is 26.3 Å². The summed E-state index contributed by atoms with van der Waals surface area (Å²) in [5, 5.41) is 0. The van der Waals surface area contributed by atoms with Crippen LogP contribution in [-0.4, -0.2) is 71.6 Å². The number of alkyl halides is 6. The first kappa shape index (κ1) is 32.0. The van der Waals surface area contributed by atoms with Crippen LogP contribution in [0.3, 0.4) is 0 Å². The molecule has 0 aliphatic carbocycles. The Morgan fingerprint density at radius 3 is 2.05 bits per heavy atom. The quantitative estimate of drug-likeness (QED) is 0.317. The molecule has 12 heteroatoms. The maximum absolute atomic E-state index is 14.5. The van der Waals surface area contributed by atoms with Crippen LogP contribution >= 0.6 is 0 Å². The first-order chi connectivity index (χ1) is 20.5. The minimum Gasteiger partial charge on any atom is -0.336 e. The molecule has 3 fully saturated rings. The van der Waals surface area contributed by atoms with Crippen molar-refractivity contribution in [3.8, 4) is 0 Å². The normalized spacial score (nSPS) is 27.0. The lowest BCUT2D eigenvalue weighted by molar-refractivity contribution is -0.162. The number of halogens is 6. The van der Waals surface area contributed by atoms with E-state index in [-0.39, 0.29) is 47.6 Å². The zero-order valence-electron chi connectivity index (χ0n) is 24.7. The topological polar surface area (TPSA) is 60.9 Å². The number of amides is 2. The highest BCUT2D eigenvalue weighted by atomic mass is 19.4. The van der Waals surface area contributed by atoms with Crippen molar-refractivity contribution in [3.05, 3.63) is 70.3 Å². The fraction of sp³-hybridized carbons (Fsp3) is 0.531. The second-order valence-corrected chi connectivity index (χ2v) is 12.5. The van der Waals surface area contributed by atoms with E-state index in [2.05, 4.69) is 4.90 Å². The standard InChI is InChI=1S/C32H35F6N3O3/c1-18-8-11-41-28(30(44)40(15-18)16-20-12-23(31(33,34)35)14-24(13-20)32(36,37)38)27(22-6-4-21(5-7-22)19(2)42)25-9-10-39(3)17-26(25)29(41)43/h4-7,12-14,18,25-28H,8-11,15-17H2,1-3H3/t18-,25?,26?,27?,28?/m1/s1. The number of benzene rings is 2. The first-order valence-corrected chi connectivity index (χ1v) is 14.7. The lowest BCUT2D eigenvalue weighted by Gasteiger charge is -2.53. The van der Waals surface area contributed by atoms with Gasteiger partial charge in [-0.15, -0.1) is 0 Å². The highest BCUT2D eigenvalue weighted by molar-refractivity contribution is 5.94. The molecule has 238 valence electrons. The number of nitrogens with zero attached hydrogens (tertiary/aromatic N) is 3. The van der Waals surface area contributed by atoms with Crippen LogP contribution in [0.1, 0.15) is 65.2 Å². The molecule has 5 atom stereocenters. The van der Waals surface area contributed by atoms with Gasteiger partial charge in [-0.1, -0.05) is 31.2 Å². The van der Waals surface area contributed by atoms with E-state index in [1.54, 1.807) is 29.2 Å². The van der Waals surface area contributed by atoms with Crippen LogP contribution in [0, 0.1) is 17.8 Å². The summed E-state index contributed by atoms with van der Waals surface area (Å²) in [5.74, 6) is -2.02. The molecule has 4 unspecified atom stereocenters. The number of Topliss-reactive ketones (excluding diaryl/α,β-unsaturated/α-hetero) is 1. The molecule has 2 amide bonds. The van der Waals surface area contributed by atoms with Crippen molar-refractivity contribution < 1.29 is 40.7 Å². The second kappa shape index (κ2) is 11.8. The first-order valence-electron chi connectivity index (χ1n) is 14.7. The molecular formula is C32H35F6N3O3. The van der Waals surface area contributed by atoms with Gasteiger partial charge in [-0.05, 0) is 74.5 Å². The van der Waals surface area contributed by atoms with Gasteiger partial charge < -0.3 is 14.7 Å². The molecule has 2 aromatic rings. The maximum Gasteiger partial charge on any atom is 0.416 e. The van der Waals surface area contributed by atoms with Gasteiger partial charge in [-0.3, -0.25) is 14.4 Å². The average molecular weight is 624 g/mol. The summed E-state index contributed by atoms with van der Waals surface area (Å²) in [6.07, 6.45) is -8.90. The molecule has 5 rings (SSSR count). The maximum atomic E-state index is 14.5. The number of fused-ring (bicyclic) bond motifs is 2. The molecular weight excluding hydrogens is 588 g/mol. The molecule has 0 aromatic heterocycles. The fourth-order valence-corrected chi connectivity index (χ4v) is 7.09. The third kappa shape index (κ3) is 6.36. The number of hydrogen-bond donors (Lipinski definition) is 0. The van der Waals surface area contributed by atoms with Gasteiger partial charge in [0.05, 0.1) is 17.0 Å². The Kier molecular flexibility index (Phi) is 8.60. The van der Waals surface area contributed by atoms with Gasteiger partial charge in [-0.25, -0.2) is 0 Å². The number of carbonyl (C=O) groups excluding carboxylic acids is 3. The number of ketones is 1. The Morgan fingerprint density at radius 1 is 0.864 bits per heavy atom. The number of rotatable bonds is 4. The number of hydrogen-bond acceptors (Lipinski definition) is 4. The van der Waals surface area contributed by atoms with Crippen LogP contribution in [0.4, 0.5) is 26.3 Å². The predicted octanol–water partition coefficient (Wildman–Crippen LogP) is 5.86. The Morgan fingerprint density at radius 2 is 1.48 bits per heavy atom. The smallest absolute Gasteiger partial charge is 0.336 e. The summed E-state index contributed by atoms with van der Waals surface area (Å²) in [5.41, 5.74) is -1.93. The minimum atomic E-state index is -5.02. The van der Waals surface area contributed by atoms with Crippen molar-refractivity contribution in [2.45, 2.75) is 57.5 Å². The van der Waals surface area contributed by atoms with E-state index in [4.69, 9.17) is 0 Å². The summed E-state index contributed by atoms with van der Waals surface area (Å²) in [7, 11) is 1.93. The van der Waals surface area contributed by atoms with E-state index < -0.39 is 47.9 Å². The van der Waals surface area contributed by atoms with E-state index in [9.17, 15) is 40.7 Å². The summed E-state index contributed by atoms with van der Waals surface area (Å²) >= 11 is 0. The average Bonchev–Trinajstić information content (AvgIpc) is 2.94. The van der Waals surface area contributed by atoms with Crippen LogP contribution in [0.2, 0.25) is 0 Å². The Labute approximate surface area is 252 Å². The van der Waals surface area contributed by atoms with Gasteiger partial charge in [0.15, 0.2) is 5.78 Å². The van der Waals surface area contributed by atoms with Gasteiger partial charge in [0, 0.05) is 37.7 Å². The highest BCUT2D eigenvalue weighted by Crippen LogP contribution is 2.46. The Bertz CT molecular complexity index is 1390. The van der Waals surface area contributed by atoms with E-state index in [1.807, 2.05) is 14.0 Å². The Balaban J connectivity index is 1.59. The number of likely N-dealkylation sites (tertiary alicyclic amines) is 1. The summed E-state index contributed by atoms with van der Waals surface area (Å²) in [6.45, 7) is 4.44. The molecule has 2 aromatic carbocycles. The van der Waals surface area contributed by atoms with Crippen molar-refractivity contribution in [2.24, 2.45) is 17.8 Å². The van der Waals surface area contributed by atoms with Crippen LogP contribution in [-0.2, 0) is 28.5 Å². The van der Waals surface area contributed by atoms with E-state index in [0.717, 1.165) is 5.56 Å². The third-order valence-corrected chi connectivity index (χ3v) is 9.29. The van der Waals surface area contributed by atoms with Crippen molar-refractivity contribution in [3.63, 3.8) is 0 Å². The second-order valence-electron chi connectivity index (χ2n) is 12.5.